The first-order valence-corrected chi connectivity index (χ1v) is 7.34. The molecular weight excluding hydrogens is 294 g/mol. The van der Waals surface area contributed by atoms with Crippen LogP contribution in [0.3, 0.4) is 0 Å². The molecular formula is C13H20ClN5O2. The molecule has 1 saturated heterocycles. The second kappa shape index (κ2) is 6.91. The smallest absolute Gasteiger partial charge is 0.245 e. The Hall–Kier alpha value is -1.60. The number of nitrogens with zero attached hydrogens (tertiary/aromatic N) is 3. The number of morpholine rings is 1. The minimum absolute atomic E-state index is 0.0941. The van der Waals surface area contributed by atoms with Gasteiger partial charge in [0.1, 0.15) is 6.04 Å². The van der Waals surface area contributed by atoms with Gasteiger partial charge in [0.2, 0.25) is 11.2 Å². The third kappa shape index (κ3) is 3.54. The highest BCUT2D eigenvalue weighted by Crippen LogP contribution is 2.27. The standard InChI is InChI=1S/C13H20ClN5O2/c1-3-4-16-12(20)9-7-21-6-5-19(9)11-10(15)8(2)17-13(14)18-11/h9H,3-7,15H2,1-2H3,(H,16,20). The lowest BCUT2D eigenvalue weighted by atomic mass is 10.2. The zero-order valence-electron chi connectivity index (χ0n) is 12.2. The van der Waals surface area contributed by atoms with Gasteiger partial charge in [0.15, 0.2) is 5.82 Å². The number of nitrogen functional groups attached to an aromatic ring is 1. The van der Waals surface area contributed by atoms with Crippen molar-refractivity contribution in [1.29, 1.82) is 0 Å². The summed E-state index contributed by atoms with van der Waals surface area (Å²) in [5, 5.41) is 2.99. The zero-order chi connectivity index (χ0) is 15.4. The van der Waals surface area contributed by atoms with Crippen LogP contribution in [-0.2, 0) is 9.53 Å². The van der Waals surface area contributed by atoms with E-state index >= 15 is 0 Å². The fourth-order valence-corrected chi connectivity index (χ4v) is 2.40. The van der Waals surface area contributed by atoms with Gasteiger partial charge in [-0.1, -0.05) is 6.92 Å². The van der Waals surface area contributed by atoms with Crippen molar-refractivity contribution < 1.29 is 9.53 Å². The average Bonchev–Trinajstić information content (AvgIpc) is 2.48. The Labute approximate surface area is 128 Å². The molecule has 1 aromatic rings. The van der Waals surface area contributed by atoms with E-state index in [1.165, 1.54) is 0 Å². The number of halogens is 1. The van der Waals surface area contributed by atoms with Crippen LogP contribution in [0.2, 0.25) is 5.28 Å². The minimum Gasteiger partial charge on any atom is -0.394 e. The highest BCUT2D eigenvalue weighted by molar-refractivity contribution is 6.28. The van der Waals surface area contributed by atoms with Crippen LogP contribution in [0.4, 0.5) is 11.5 Å². The number of aryl methyl sites for hydroxylation is 1. The van der Waals surface area contributed by atoms with E-state index in [-0.39, 0.29) is 11.2 Å². The third-order valence-electron chi connectivity index (χ3n) is 3.34. The van der Waals surface area contributed by atoms with E-state index in [0.29, 0.717) is 43.5 Å². The monoisotopic (exact) mass is 313 g/mol. The van der Waals surface area contributed by atoms with Crippen LogP contribution in [0.25, 0.3) is 0 Å². The number of anilines is 2. The molecule has 7 nitrogen and oxygen atoms in total. The maximum Gasteiger partial charge on any atom is 0.245 e. The van der Waals surface area contributed by atoms with Gasteiger partial charge in [-0.25, -0.2) is 4.98 Å². The van der Waals surface area contributed by atoms with E-state index in [1.807, 2.05) is 11.8 Å². The summed E-state index contributed by atoms with van der Waals surface area (Å²) in [6.07, 6.45) is 0.875. The zero-order valence-corrected chi connectivity index (χ0v) is 13.0. The van der Waals surface area contributed by atoms with Gasteiger partial charge in [0.25, 0.3) is 0 Å². The maximum atomic E-state index is 12.3. The number of hydrogen-bond donors (Lipinski definition) is 2. The molecule has 0 aliphatic carbocycles. The molecule has 1 amide bonds. The van der Waals surface area contributed by atoms with E-state index in [2.05, 4.69) is 15.3 Å². The SMILES string of the molecule is CCCNC(=O)C1COCCN1c1nc(Cl)nc(C)c1N. The van der Waals surface area contributed by atoms with Gasteiger partial charge in [-0.15, -0.1) is 0 Å². The largest absolute Gasteiger partial charge is 0.394 e. The summed E-state index contributed by atoms with van der Waals surface area (Å²) in [5.74, 6) is 0.399. The molecule has 1 aliphatic heterocycles. The summed E-state index contributed by atoms with van der Waals surface area (Å²) in [5.41, 5.74) is 7.09. The van der Waals surface area contributed by atoms with Gasteiger partial charge in [-0.2, -0.15) is 4.98 Å². The summed E-state index contributed by atoms with van der Waals surface area (Å²) in [7, 11) is 0. The number of carbonyl (C=O) groups is 1. The molecule has 1 unspecified atom stereocenters. The summed E-state index contributed by atoms with van der Waals surface area (Å²) in [6.45, 7) is 5.73. The van der Waals surface area contributed by atoms with Crippen molar-refractivity contribution in [3.05, 3.63) is 11.0 Å². The van der Waals surface area contributed by atoms with Crippen LogP contribution in [-0.4, -0.2) is 48.2 Å². The Morgan fingerprint density at radius 3 is 3.05 bits per heavy atom. The summed E-state index contributed by atoms with van der Waals surface area (Å²) >= 11 is 5.92. The first-order chi connectivity index (χ1) is 10.0. The maximum absolute atomic E-state index is 12.3. The number of rotatable bonds is 4. The van der Waals surface area contributed by atoms with Crippen molar-refractivity contribution in [2.75, 3.05) is 36.9 Å². The predicted molar refractivity (Wildman–Crippen MR) is 81.4 cm³/mol. The fraction of sp³-hybridized carbons (Fsp3) is 0.615. The van der Waals surface area contributed by atoms with Gasteiger partial charge in [0.05, 0.1) is 24.6 Å². The Morgan fingerprint density at radius 2 is 2.33 bits per heavy atom. The number of hydrogen-bond acceptors (Lipinski definition) is 6. The number of ether oxygens (including phenoxy) is 1. The number of carbonyl (C=O) groups excluding carboxylic acids is 1. The van der Waals surface area contributed by atoms with Crippen LogP contribution in [0.15, 0.2) is 0 Å². The molecule has 0 saturated carbocycles. The Balaban J connectivity index is 2.28. The number of amides is 1. The normalized spacial score (nSPS) is 18.6. The van der Waals surface area contributed by atoms with Crippen molar-refractivity contribution >= 4 is 29.0 Å². The van der Waals surface area contributed by atoms with Gasteiger partial charge in [-0.05, 0) is 24.9 Å². The topological polar surface area (TPSA) is 93.4 Å². The van der Waals surface area contributed by atoms with Crippen molar-refractivity contribution in [2.24, 2.45) is 0 Å². The van der Waals surface area contributed by atoms with E-state index in [1.54, 1.807) is 6.92 Å². The lowest BCUT2D eigenvalue weighted by molar-refractivity contribution is -0.124. The molecule has 2 heterocycles. The van der Waals surface area contributed by atoms with Crippen LogP contribution in [0.5, 0.6) is 0 Å². The van der Waals surface area contributed by atoms with Crippen molar-refractivity contribution in [3.63, 3.8) is 0 Å². The number of aromatic nitrogens is 2. The second-order valence-corrected chi connectivity index (χ2v) is 5.23. The van der Waals surface area contributed by atoms with E-state index in [4.69, 9.17) is 22.1 Å². The van der Waals surface area contributed by atoms with E-state index in [0.717, 1.165) is 6.42 Å². The van der Waals surface area contributed by atoms with Crippen molar-refractivity contribution in [1.82, 2.24) is 15.3 Å². The molecule has 2 rings (SSSR count). The van der Waals surface area contributed by atoms with Gasteiger partial charge in [-0.3, -0.25) is 4.79 Å². The highest BCUT2D eigenvalue weighted by Gasteiger charge is 2.32. The number of nitrogens with one attached hydrogen (secondary N) is 1. The van der Waals surface area contributed by atoms with E-state index in [9.17, 15) is 4.79 Å². The molecule has 1 fully saturated rings. The molecule has 116 valence electrons. The lowest BCUT2D eigenvalue weighted by Gasteiger charge is -2.36. The van der Waals surface area contributed by atoms with Gasteiger partial charge in [0, 0.05) is 13.1 Å². The Morgan fingerprint density at radius 1 is 1.57 bits per heavy atom. The number of nitrogens with two attached hydrogens (primary N) is 1. The second-order valence-electron chi connectivity index (χ2n) is 4.89. The Kier molecular flexibility index (Phi) is 5.19. The highest BCUT2D eigenvalue weighted by atomic mass is 35.5. The molecule has 1 aromatic heterocycles. The predicted octanol–water partition coefficient (Wildman–Crippen LogP) is 0.752. The first kappa shape index (κ1) is 15.8. The molecule has 0 aromatic carbocycles. The molecule has 0 spiro atoms. The molecule has 8 heteroatoms. The van der Waals surface area contributed by atoms with Crippen LogP contribution in [0.1, 0.15) is 19.0 Å². The summed E-state index contributed by atoms with van der Waals surface area (Å²) in [4.78, 5) is 22.3. The van der Waals surface area contributed by atoms with E-state index < -0.39 is 6.04 Å². The quantitative estimate of drug-likeness (QED) is 0.797. The molecule has 1 aliphatic rings. The minimum atomic E-state index is -0.460. The first-order valence-electron chi connectivity index (χ1n) is 6.96. The molecule has 3 N–H and O–H groups in total. The lowest BCUT2D eigenvalue weighted by Crippen LogP contribution is -2.54. The van der Waals surface area contributed by atoms with Crippen molar-refractivity contribution in [2.45, 2.75) is 26.3 Å². The summed E-state index contributed by atoms with van der Waals surface area (Å²) in [6, 6.07) is -0.460. The van der Waals surface area contributed by atoms with Gasteiger partial charge < -0.3 is 20.7 Å². The Bertz CT molecular complexity index is 526. The summed E-state index contributed by atoms with van der Waals surface area (Å²) < 4.78 is 5.42. The fourth-order valence-electron chi connectivity index (χ4n) is 2.19. The van der Waals surface area contributed by atoms with Gasteiger partial charge >= 0.3 is 0 Å². The van der Waals surface area contributed by atoms with Crippen LogP contribution < -0.4 is 16.0 Å². The molecule has 0 radical (unpaired) electrons. The third-order valence-corrected chi connectivity index (χ3v) is 3.51. The average molecular weight is 314 g/mol. The van der Waals surface area contributed by atoms with Crippen molar-refractivity contribution in [3.8, 4) is 0 Å². The molecule has 1 atom stereocenters. The van der Waals surface area contributed by atoms with Crippen LogP contribution in [0, 0.1) is 6.92 Å². The van der Waals surface area contributed by atoms with Crippen LogP contribution >= 0.6 is 11.6 Å². The molecule has 21 heavy (non-hydrogen) atoms. The molecule has 0 bridgehead atoms.